The molecule has 0 saturated carbocycles. The summed E-state index contributed by atoms with van der Waals surface area (Å²) >= 11 is 3.47. The quantitative estimate of drug-likeness (QED) is 0.905. The molecule has 0 fully saturated rings. The van der Waals surface area contributed by atoms with Gasteiger partial charge in [-0.25, -0.2) is 4.79 Å². The fourth-order valence-corrected chi connectivity index (χ4v) is 2.51. The first kappa shape index (κ1) is 14.2. The summed E-state index contributed by atoms with van der Waals surface area (Å²) in [5.41, 5.74) is 1.66. The predicted octanol–water partition coefficient (Wildman–Crippen LogP) is 3.41. The molecule has 19 heavy (non-hydrogen) atoms. The first-order valence-corrected chi connectivity index (χ1v) is 7.05. The van der Waals surface area contributed by atoms with Crippen LogP contribution < -0.4 is 10.1 Å². The van der Waals surface area contributed by atoms with E-state index in [4.69, 9.17) is 9.47 Å². The van der Waals surface area contributed by atoms with Crippen molar-refractivity contribution in [3.8, 4) is 5.75 Å². The Morgan fingerprint density at radius 1 is 1.47 bits per heavy atom. The van der Waals surface area contributed by atoms with Crippen molar-refractivity contribution in [3.63, 3.8) is 0 Å². The molecular formula is C14H18BrNO3. The Kier molecular flexibility index (Phi) is 4.04. The van der Waals surface area contributed by atoms with Gasteiger partial charge in [-0.3, -0.25) is 0 Å². The largest absolute Gasteiger partial charge is 0.493 e. The highest BCUT2D eigenvalue weighted by atomic mass is 79.9. The zero-order chi connectivity index (χ0) is 14.0. The van der Waals surface area contributed by atoms with E-state index in [0.717, 1.165) is 22.2 Å². The monoisotopic (exact) mass is 327 g/mol. The third-order valence-electron chi connectivity index (χ3n) is 2.65. The van der Waals surface area contributed by atoms with Gasteiger partial charge >= 0.3 is 6.09 Å². The number of ether oxygens (including phenoxy) is 2. The molecule has 104 valence electrons. The highest BCUT2D eigenvalue weighted by molar-refractivity contribution is 9.10. The second-order valence-electron chi connectivity index (χ2n) is 5.51. The number of halogens is 1. The van der Waals surface area contributed by atoms with Gasteiger partial charge in [0, 0.05) is 23.0 Å². The van der Waals surface area contributed by atoms with Crippen molar-refractivity contribution in [2.75, 3.05) is 6.61 Å². The van der Waals surface area contributed by atoms with E-state index in [0.29, 0.717) is 13.2 Å². The maximum Gasteiger partial charge on any atom is 0.407 e. The van der Waals surface area contributed by atoms with Crippen molar-refractivity contribution in [3.05, 3.63) is 27.7 Å². The number of carbonyl (C=O) groups excluding carboxylic acids is 1. The summed E-state index contributed by atoms with van der Waals surface area (Å²) in [7, 11) is 0. The zero-order valence-corrected chi connectivity index (χ0v) is 13.0. The van der Waals surface area contributed by atoms with Crippen LogP contribution in [0.15, 0.2) is 16.6 Å². The van der Waals surface area contributed by atoms with Gasteiger partial charge in [0.05, 0.1) is 6.61 Å². The number of hydrogen-bond donors (Lipinski definition) is 1. The van der Waals surface area contributed by atoms with E-state index in [1.54, 1.807) is 0 Å². The van der Waals surface area contributed by atoms with Gasteiger partial charge < -0.3 is 14.8 Å². The Morgan fingerprint density at radius 2 is 2.21 bits per heavy atom. The van der Waals surface area contributed by atoms with Crippen LogP contribution in [0.2, 0.25) is 0 Å². The van der Waals surface area contributed by atoms with Crippen LogP contribution in [0.4, 0.5) is 4.79 Å². The van der Waals surface area contributed by atoms with Crippen molar-refractivity contribution in [1.29, 1.82) is 0 Å². The van der Waals surface area contributed by atoms with Crippen molar-refractivity contribution in [1.82, 2.24) is 5.32 Å². The fourth-order valence-electron chi connectivity index (χ4n) is 1.96. The minimum absolute atomic E-state index is 0.399. The highest BCUT2D eigenvalue weighted by Gasteiger charge is 2.19. The molecular weight excluding hydrogens is 310 g/mol. The van der Waals surface area contributed by atoms with E-state index >= 15 is 0 Å². The Bertz CT molecular complexity index is 494. The molecule has 0 aliphatic carbocycles. The van der Waals surface area contributed by atoms with E-state index in [1.165, 1.54) is 5.56 Å². The molecule has 1 amide bonds. The molecule has 1 aromatic carbocycles. The second-order valence-corrected chi connectivity index (χ2v) is 6.42. The minimum Gasteiger partial charge on any atom is -0.493 e. The molecule has 0 radical (unpaired) electrons. The lowest BCUT2D eigenvalue weighted by molar-refractivity contribution is 0.0523. The molecule has 1 heterocycles. The zero-order valence-electron chi connectivity index (χ0n) is 11.4. The molecule has 1 aliphatic heterocycles. The summed E-state index contributed by atoms with van der Waals surface area (Å²) in [6.45, 7) is 6.62. The summed E-state index contributed by atoms with van der Waals surface area (Å²) in [5.74, 6) is 0.888. The maximum atomic E-state index is 11.6. The van der Waals surface area contributed by atoms with Crippen LogP contribution in [0.1, 0.15) is 31.9 Å². The van der Waals surface area contributed by atoms with E-state index in [9.17, 15) is 4.79 Å². The van der Waals surface area contributed by atoms with Crippen LogP contribution in [-0.4, -0.2) is 18.3 Å². The van der Waals surface area contributed by atoms with E-state index in [1.807, 2.05) is 26.8 Å². The van der Waals surface area contributed by atoms with Gasteiger partial charge in [0.25, 0.3) is 0 Å². The Balaban J connectivity index is 2.02. The third-order valence-corrected chi connectivity index (χ3v) is 3.11. The lowest BCUT2D eigenvalue weighted by Gasteiger charge is -2.20. The van der Waals surface area contributed by atoms with Crippen molar-refractivity contribution < 1.29 is 14.3 Å². The Labute approximate surface area is 121 Å². The topological polar surface area (TPSA) is 47.6 Å². The number of amides is 1. The molecule has 0 spiro atoms. The average Bonchev–Trinajstić information content (AvgIpc) is 2.71. The van der Waals surface area contributed by atoms with Gasteiger partial charge in [0.2, 0.25) is 0 Å². The first-order chi connectivity index (χ1) is 8.85. The SMILES string of the molecule is CC(C)(C)OC(=O)NCc1cc(Br)cc2c1OCC2. The molecule has 0 bridgehead atoms. The van der Waals surface area contributed by atoms with Crippen LogP contribution >= 0.6 is 15.9 Å². The third kappa shape index (κ3) is 3.86. The maximum absolute atomic E-state index is 11.6. The highest BCUT2D eigenvalue weighted by Crippen LogP contribution is 2.32. The summed E-state index contributed by atoms with van der Waals surface area (Å²) in [5, 5.41) is 2.75. The molecule has 1 aliphatic rings. The molecule has 5 heteroatoms. The number of fused-ring (bicyclic) bond motifs is 1. The van der Waals surface area contributed by atoms with Gasteiger partial charge in [0.15, 0.2) is 0 Å². The number of hydrogen-bond acceptors (Lipinski definition) is 3. The van der Waals surface area contributed by atoms with E-state index < -0.39 is 11.7 Å². The number of rotatable bonds is 2. The van der Waals surface area contributed by atoms with Gasteiger partial charge in [-0.1, -0.05) is 15.9 Å². The predicted molar refractivity (Wildman–Crippen MR) is 76.4 cm³/mol. The lowest BCUT2D eigenvalue weighted by atomic mass is 10.1. The minimum atomic E-state index is -0.486. The van der Waals surface area contributed by atoms with Crippen molar-refractivity contribution in [2.24, 2.45) is 0 Å². The number of alkyl carbamates (subject to hydrolysis) is 1. The Hall–Kier alpha value is -1.23. The van der Waals surface area contributed by atoms with Crippen LogP contribution in [0.25, 0.3) is 0 Å². The van der Waals surface area contributed by atoms with Gasteiger partial charge in [-0.2, -0.15) is 0 Å². The summed E-state index contributed by atoms with van der Waals surface area (Å²) in [4.78, 5) is 11.6. The van der Waals surface area contributed by atoms with Gasteiger partial charge in [-0.05, 0) is 38.5 Å². The normalized spacial score (nSPS) is 13.7. The number of benzene rings is 1. The number of carbonyl (C=O) groups is 1. The molecule has 4 nitrogen and oxygen atoms in total. The molecule has 1 aromatic rings. The van der Waals surface area contributed by atoms with Crippen LogP contribution in [0.3, 0.4) is 0 Å². The number of nitrogens with one attached hydrogen (secondary N) is 1. The Morgan fingerprint density at radius 3 is 2.89 bits per heavy atom. The molecule has 0 atom stereocenters. The molecule has 0 aromatic heterocycles. The van der Waals surface area contributed by atoms with Crippen LogP contribution in [-0.2, 0) is 17.7 Å². The summed E-state index contributed by atoms with van der Waals surface area (Å²) in [6.07, 6.45) is 0.494. The summed E-state index contributed by atoms with van der Waals surface area (Å²) < 4.78 is 11.8. The van der Waals surface area contributed by atoms with Gasteiger partial charge in [-0.15, -0.1) is 0 Å². The van der Waals surface area contributed by atoms with Crippen molar-refractivity contribution >= 4 is 22.0 Å². The molecule has 1 N–H and O–H groups in total. The molecule has 0 unspecified atom stereocenters. The summed E-state index contributed by atoms with van der Waals surface area (Å²) in [6, 6.07) is 4.01. The lowest BCUT2D eigenvalue weighted by Crippen LogP contribution is -2.32. The molecule has 0 saturated heterocycles. The standard InChI is InChI=1S/C14H18BrNO3/c1-14(2,3)19-13(17)16-8-10-7-11(15)6-9-4-5-18-12(9)10/h6-7H,4-5,8H2,1-3H3,(H,16,17). The average molecular weight is 328 g/mol. The van der Waals surface area contributed by atoms with E-state index in [-0.39, 0.29) is 0 Å². The van der Waals surface area contributed by atoms with Crippen LogP contribution in [0, 0.1) is 0 Å². The fraction of sp³-hybridized carbons (Fsp3) is 0.500. The van der Waals surface area contributed by atoms with Crippen molar-refractivity contribution in [2.45, 2.75) is 39.3 Å². The van der Waals surface area contributed by atoms with Gasteiger partial charge in [0.1, 0.15) is 11.4 Å². The molecule has 2 rings (SSSR count). The smallest absolute Gasteiger partial charge is 0.407 e. The second kappa shape index (κ2) is 5.41. The van der Waals surface area contributed by atoms with E-state index in [2.05, 4.69) is 27.3 Å². The van der Waals surface area contributed by atoms with Crippen LogP contribution in [0.5, 0.6) is 5.75 Å². The first-order valence-electron chi connectivity index (χ1n) is 6.26.